The van der Waals surface area contributed by atoms with Gasteiger partial charge >= 0.3 is 0 Å². The molecule has 0 spiro atoms. The van der Waals surface area contributed by atoms with E-state index in [0.29, 0.717) is 18.7 Å². The highest BCUT2D eigenvalue weighted by molar-refractivity contribution is 7.18. The van der Waals surface area contributed by atoms with E-state index < -0.39 is 0 Å². The molecule has 3 aromatic rings. The lowest BCUT2D eigenvalue weighted by molar-refractivity contribution is 0.0746. The number of rotatable bonds is 2. The first-order chi connectivity index (χ1) is 11.7. The predicted octanol–water partition coefficient (Wildman–Crippen LogP) is 2.36. The number of piperazine rings is 1. The summed E-state index contributed by atoms with van der Waals surface area (Å²) >= 11 is 1.68. The van der Waals surface area contributed by atoms with Crippen LogP contribution in [0.5, 0.6) is 0 Å². The Morgan fingerprint density at radius 1 is 1.12 bits per heavy atom. The molecule has 0 bridgehead atoms. The van der Waals surface area contributed by atoms with Gasteiger partial charge < -0.3 is 9.80 Å². The first-order valence-corrected chi connectivity index (χ1v) is 8.69. The van der Waals surface area contributed by atoms with Crippen molar-refractivity contribution in [3.05, 3.63) is 47.4 Å². The number of thiophene rings is 1. The Bertz CT molecular complexity index is 871. The number of pyridine rings is 1. The minimum Gasteiger partial charge on any atom is -0.352 e. The molecule has 4 rings (SSSR count). The number of fused-ring (bicyclic) bond motifs is 1. The number of anilines is 1. The Labute approximate surface area is 143 Å². The van der Waals surface area contributed by atoms with E-state index in [1.165, 1.54) is 4.88 Å². The lowest BCUT2D eigenvalue weighted by Gasteiger charge is -2.35. The van der Waals surface area contributed by atoms with Crippen LogP contribution < -0.4 is 4.90 Å². The van der Waals surface area contributed by atoms with Crippen LogP contribution in [-0.2, 0) is 0 Å². The number of hydrogen-bond acceptors (Lipinski definition) is 6. The van der Waals surface area contributed by atoms with Gasteiger partial charge in [0, 0.05) is 49.0 Å². The van der Waals surface area contributed by atoms with Crippen LogP contribution in [0.25, 0.3) is 10.2 Å². The third-order valence-electron chi connectivity index (χ3n) is 4.23. The molecule has 1 saturated heterocycles. The average molecular weight is 339 g/mol. The summed E-state index contributed by atoms with van der Waals surface area (Å²) in [5.74, 6) is 1.04. The minimum atomic E-state index is 0.0660. The van der Waals surface area contributed by atoms with Crippen molar-refractivity contribution in [2.45, 2.75) is 6.92 Å². The maximum absolute atomic E-state index is 12.5. The van der Waals surface area contributed by atoms with E-state index in [2.05, 4.69) is 32.8 Å². The summed E-state index contributed by atoms with van der Waals surface area (Å²) < 4.78 is 0. The number of carbonyl (C=O) groups is 1. The van der Waals surface area contributed by atoms with Crippen LogP contribution in [0, 0.1) is 6.92 Å². The first kappa shape index (κ1) is 15.0. The average Bonchev–Trinajstić information content (AvgIpc) is 3.02. The van der Waals surface area contributed by atoms with Crippen LogP contribution >= 0.6 is 11.3 Å². The Morgan fingerprint density at radius 3 is 2.62 bits per heavy atom. The molecule has 122 valence electrons. The van der Waals surface area contributed by atoms with Crippen LogP contribution in [0.15, 0.2) is 36.9 Å². The quantitative estimate of drug-likeness (QED) is 0.717. The summed E-state index contributed by atoms with van der Waals surface area (Å²) in [5, 5.41) is 1.11. The standard InChI is InChI=1S/C17H17N5OS/c1-12-10-14-15(19-11-20-16(14)24-12)21-6-8-22(9-7-21)17(23)13-2-4-18-5-3-13/h2-5,10-11H,6-9H2,1H3. The van der Waals surface area contributed by atoms with E-state index in [0.717, 1.165) is 29.1 Å². The third-order valence-corrected chi connectivity index (χ3v) is 5.18. The molecule has 24 heavy (non-hydrogen) atoms. The van der Waals surface area contributed by atoms with Crippen molar-refractivity contribution in [2.75, 3.05) is 31.1 Å². The molecule has 7 heteroatoms. The second-order valence-corrected chi connectivity index (χ2v) is 7.02. The van der Waals surface area contributed by atoms with Crippen LogP contribution in [0.4, 0.5) is 5.82 Å². The molecule has 0 radical (unpaired) electrons. The fraction of sp³-hybridized carbons (Fsp3) is 0.294. The molecular weight excluding hydrogens is 322 g/mol. The lowest BCUT2D eigenvalue weighted by atomic mass is 10.2. The zero-order chi connectivity index (χ0) is 16.5. The number of aryl methyl sites for hydroxylation is 1. The number of aromatic nitrogens is 3. The summed E-state index contributed by atoms with van der Waals surface area (Å²) in [5.41, 5.74) is 0.691. The number of hydrogen-bond donors (Lipinski definition) is 0. The van der Waals surface area contributed by atoms with E-state index >= 15 is 0 Å². The summed E-state index contributed by atoms with van der Waals surface area (Å²) in [6.07, 6.45) is 4.93. The van der Waals surface area contributed by atoms with Crippen molar-refractivity contribution < 1.29 is 4.79 Å². The molecule has 0 atom stereocenters. The minimum absolute atomic E-state index is 0.0660. The van der Waals surface area contributed by atoms with Crippen LogP contribution in [-0.4, -0.2) is 51.9 Å². The van der Waals surface area contributed by atoms with Gasteiger partial charge in [-0.2, -0.15) is 0 Å². The van der Waals surface area contributed by atoms with Crippen molar-refractivity contribution >= 4 is 33.3 Å². The molecule has 4 heterocycles. The van der Waals surface area contributed by atoms with Crippen molar-refractivity contribution in [1.82, 2.24) is 19.9 Å². The van der Waals surface area contributed by atoms with Gasteiger partial charge in [0.1, 0.15) is 17.0 Å². The van der Waals surface area contributed by atoms with Crippen LogP contribution in [0.1, 0.15) is 15.2 Å². The topological polar surface area (TPSA) is 62.2 Å². The summed E-state index contributed by atoms with van der Waals surface area (Å²) in [6, 6.07) is 5.66. The molecule has 0 saturated carbocycles. The highest BCUT2D eigenvalue weighted by Crippen LogP contribution is 2.30. The summed E-state index contributed by atoms with van der Waals surface area (Å²) in [7, 11) is 0. The fourth-order valence-electron chi connectivity index (χ4n) is 3.01. The number of nitrogens with zero attached hydrogens (tertiary/aromatic N) is 5. The number of carbonyl (C=O) groups excluding carboxylic acids is 1. The van der Waals surface area contributed by atoms with Gasteiger partial charge in [-0.1, -0.05) is 0 Å². The van der Waals surface area contributed by atoms with Gasteiger partial charge in [0.25, 0.3) is 5.91 Å². The highest BCUT2D eigenvalue weighted by atomic mass is 32.1. The van der Waals surface area contributed by atoms with Crippen molar-refractivity contribution in [2.24, 2.45) is 0 Å². The predicted molar refractivity (Wildman–Crippen MR) is 94.5 cm³/mol. The van der Waals surface area contributed by atoms with Crippen molar-refractivity contribution in [1.29, 1.82) is 0 Å². The van der Waals surface area contributed by atoms with E-state index in [1.54, 1.807) is 42.2 Å². The molecule has 6 nitrogen and oxygen atoms in total. The van der Waals surface area contributed by atoms with Gasteiger partial charge in [-0.15, -0.1) is 11.3 Å². The number of amides is 1. The van der Waals surface area contributed by atoms with Crippen molar-refractivity contribution in [3.63, 3.8) is 0 Å². The van der Waals surface area contributed by atoms with E-state index in [4.69, 9.17) is 0 Å². The molecule has 0 N–H and O–H groups in total. The van der Waals surface area contributed by atoms with Gasteiger partial charge in [-0.05, 0) is 25.1 Å². The zero-order valence-corrected chi connectivity index (χ0v) is 14.2. The molecule has 3 aromatic heterocycles. The molecule has 1 aliphatic heterocycles. The van der Waals surface area contributed by atoms with Gasteiger partial charge in [-0.25, -0.2) is 9.97 Å². The first-order valence-electron chi connectivity index (χ1n) is 7.88. The maximum Gasteiger partial charge on any atom is 0.254 e. The Kier molecular flexibility index (Phi) is 3.86. The van der Waals surface area contributed by atoms with Gasteiger partial charge in [0.2, 0.25) is 0 Å². The molecule has 1 aliphatic rings. The van der Waals surface area contributed by atoms with Crippen LogP contribution in [0.3, 0.4) is 0 Å². The monoisotopic (exact) mass is 339 g/mol. The Balaban J connectivity index is 1.51. The normalized spacial score (nSPS) is 15.0. The maximum atomic E-state index is 12.5. The van der Waals surface area contributed by atoms with Crippen molar-refractivity contribution in [3.8, 4) is 0 Å². The SMILES string of the molecule is Cc1cc2c(N3CCN(C(=O)c4ccncc4)CC3)ncnc2s1. The lowest BCUT2D eigenvalue weighted by Crippen LogP contribution is -2.49. The smallest absolute Gasteiger partial charge is 0.254 e. The van der Waals surface area contributed by atoms with Crippen LogP contribution in [0.2, 0.25) is 0 Å². The molecular formula is C17H17N5OS. The third kappa shape index (κ3) is 2.71. The summed E-state index contributed by atoms with van der Waals surface area (Å²) in [6.45, 7) is 5.02. The van der Waals surface area contributed by atoms with Gasteiger partial charge in [0.15, 0.2) is 0 Å². The summed E-state index contributed by atoms with van der Waals surface area (Å²) in [4.78, 5) is 31.7. The molecule has 0 aliphatic carbocycles. The second-order valence-electron chi connectivity index (χ2n) is 5.79. The Hall–Kier alpha value is -2.54. The highest BCUT2D eigenvalue weighted by Gasteiger charge is 2.24. The molecule has 0 aromatic carbocycles. The second kappa shape index (κ2) is 6.16. The molecule has 0 unspecified atom stereocenters. The van der Waals surface area contributed by atoms with E-state index in [-0.39, 0.29) is 5.91 Å². The van der Waals surface area contributed by atoms with Gasteiger partial charge in [0.05, 0.1) is 5.39 Å². The van der Waals surface area contributed by atoms with E-state index in [1.807, 2.05) is 4.90 Å². The molecule has 1 fully saturated rings. The Morgan fingerprint density at radius 2 is 1.88 bits per heavy atom. The largest absolute Gasteiger partial charge is 0.352 e. The fourth-order valence-corrected chi connectivity index (χ4v) is 3.86. The van der Waals surface area contributed by atoms with E-state index in [9.17, 15) is 4.79 Å². The zero-order valence-electron chi connectivity index (χ0n) is 13.3. The van der Waals surface area contributed by atoms with Gasteiger partial charge in [-0.3, -0.25) is 9.78 Å². The molecule has 1 amide bonds.